The highest BCUT2D eigenvalue weighted by Crippen LogP contribution is 2.21. The molecule has 1 heterocycles. The van der Waals surface area contributed by atoms with Gasteiger partial charge in [0.2, 0.25) is 0 Å². The van der Waals surface area contributed by atoms with Gasteiger partial charge in [0.1, 0.15) is 5.82 Å². The van der Waals surface area contributed by atoms with Crippen molar-refractivity contribution in [1.29, 1.82) is 0 Å². The number of rotatable bonds is 5. The van der Waals surface area contributed by atoms with Crippen molar-refractivity contribution in [2.45, 2.75) is 26.3 Å². The molecule has 1 amide bonds. The molecule has 0 spiro atoms. The molecule has 0 saturated carbocycles. The first kappa shape index (κ1) is 18.0. The first-order valence-electron chi connectivity index (χ1n) is 9.46. The molecule has 1 atom stereocenters. The Hall–Kier alpha value is -3.40. The maximum atomic E-state index is 13.0. The van der Waals surface area contributed by atoms with Crippen molar-refractivity contribution in [2.24, 2.45) is 0 Å². The van der Waals surface area contributed by atoms with Crippen molar-refractivity contribution >= 4 is 16.9 Å². The molecule has 0 saturated heterocycles. The number of aryl methyl sites for hydroxylation is 2. The van der Waals surface area contributed by atoms with Gasteiger partial charge in [0.25, 0.3) is 5.91 Å². The van der Waals surface area contributed by atoms with Crippen LogP contribution >= 0.6 is 0 Å². The number of H-pyrrole nitrogens is 1. The molecular weight excluding hydrogens is 346 g/mol. The molecule has 28 heavy (non-hydrogen) atoms. The highest BCUT2D eigenvalue weighted by atomic mass is 16.1. The quantitative estimate of drug-likeness (QED) is 0.526. The molecule has 4 aromatic rings. The van der Waals surface area contributed by atoms with Gasteiger partial charge >= 0.3 is 0 Å². The number of nitrogens with one attached hydrogen (secondary N) is 2. The lowest BCUT2D eigenvalue weighted by Crippen LogP contribution is -2.30. The maximum absolute atomic E-state index is 13.0. The van der Waals surface area contributed by atoms with E-state index in [9.17, 15) is 4.79 Å². The average molecular weight is 369 g/mol. The summed E-state index contributed by atoms with van der Waals surface area (Å²) in [5.41, 5.74) is 5.84. The Morgan fingerprint density at radius 3 is 2.36 bits per heavy atom. The molecular formula is C24H23N3O. The van der Waals surface area contributed by atoms with Crippen LogP contribution in [0.15, 0.2) is 72.8 Å². The van der Waals surface area contributed by atoms with Gasteiger partial charge in [-0.3, -0.25) is 4.79 Å². The van der Waals surface area contributed by atoms with Gasteiger partial charge in [-0.05, 0) is 50.1 Å². The van der Waals surface area contributed by atoms with E-state index in [0.717, 1.165) is 33.5 Å². The number of amides is 1. The van der Waals surface area contributed by atoms with Crippen LogP contribution in [0.5, 0.6) is 0 Å². The van der Waals surface area contributed by atoms with Crippen LogP contribution in [0, 0.1) is 13.8 Å². The average Bonchev–Trinajstić information content (AvgIpc) is 3.11. The minimum absolute atomic E-state index is 0.0896. The standard InChI is InChI=1S/C24H23N3O/c1-16-12-17(2)14-19(13-16)24(28)27-22(15-18-8-4-3-5-9-18)23-25-20-10-6-7-11-21(20)26-23/h3-14,22H,15H2,1-2H3,(H,25,26)(H,27,28). The second-order valence-electron chi connectivity index (χ2n) is 7.23. The Balaban J connectivity index is 1.66. The second-order valence-corrected chi connectivity index (χ2v) is 7.23. The molecule has 0 radical (unpaired) electrons. The van der Waals surface area contributed by atoms with Gasteiger partial charge < -0.3 is 10.3 Å². The van der Waals surface area contributed by atoms with Gasteiger partial charge in [0.05, 0.1) is 17.1 Å². The van der Waals surface area contributed by atoms with E-state index >= 15 is 0 Å². The molecule has 0 aliphatic carbocycles. The lowest BCUT2D eigenvalue weighted by molar-refractivity contribution is 0.0934. The smallest absolute Gasteiger partial charge is 0.251 e. The third kappa shape index (κ3) is 3.96. The summed E-state index contributed by atoms with van der Waals surface area (Å²) in [4.78, 5) is 21.1. The van der Waals surface area contributed by atoms with Crippen LogP contribution in [0.4, 0.5) is 0 Å². The zero-order chi connectivity index (χ0) is 19.5. The van der Waals surface area contributed by atoms with Gasteiger partial charge in [0, 0.05) is 5.56 Å². The predicted molar refractivity (Wildman–Crippen MR) is 112 cm³/mol. The zero-order valence-corrected chi connectivity index (χ0v) is 16.1. The van der Waals surface area contributed by atoms with Crippen molar-refractivity contribution < 1.29 is 4.79 Å². The van der Waals surface area contributed by atoms with Crippen LogP contribution in [0.25, 0.3) is 11.0 Å². The van der Waals surface area contributed by atoms with E-state index in [1.54, 1.807) is 0 Å². The number of hydrogen-bond donors (Lipinski definition) is 2. The number of aromatic amines is 1. The Labute approximate surface area is 164 Å². The summed E-state index contributed by atoms with van der Waals surface area (Å²) in [6, 6.07) is 23.7. The number of carbonyl (C=O) groups excluding carboxylic acids is 1. The van der Waals surface area contributed by atoms with Crippen molar-refractivity contribution in [2.75, 3.05) is 0 Å². The molecule has 1 unspecified atom stereocenters. The van der Waals surface area contributed by atoms with E-state index < -0.39 is 0 Å². The number of benzene rings is 3. The number of hydrogen-bond acceptors (Lipinski definition) is 2. The van der Waals surface area contributed by atoms with E-state index in [1.165, 1.54) is 0 Å². The summed E-state index contributed by atoms with van der Waals surface area (Å²) in [5.74, 6) is 0.677. The molecule has 4 nitrogen and oxygen atoms in total. The van der Waals surface area contributed by atoms with E-state index in [4.69, 9.17) is 4.98 Å². The van der Waals surface area contributed by atoms with Crippen LogP contribution in [0.1, 0.15) is 38.9 Å². The Morgan fingerprint density at radius 2 is 1.64 bits per heavy atom. The molecule has 3 aromatic carbocycles. The number of fused-ring (bicyclic) bond motifs is 1. The number of nitrogens with zero attached hydrogens (tertiary/aromatic N) is 1. The van der Waals surface area contributed by atoms with Gasteiger partial charge in [-0.2, -0.15) is 0 Å². The van der Waals surface area contributed by atoms with Crippen LogP contribution in [0.2, 0.25) is 0 Å². The molecule has 1 aromatic heterocycles. The summed E-state index contributed by atoms with van der Waals surface area (Å²) < 4.78 is 0. The molecule has 0 bridgehead atoms. The summed E-state index contributed by atoms with van der Waals surface area (Å²) in [6.07, 6.45) is 0.664. The molecule has 0 aliphatic heterocycles. The largest absolute Gasteiger partial charge is 0.342 e. The van der Waals surface area contributed by atoms with Gasteiger partial charge in [-0.25, -0.2) is 4.98 Å². The molecule has 4 heteroatoms. The third-order valence-corrected chi connectivity index (χ3v) is 4.81. The minimum atomic E-state index is -0.247. The minimum Gasteiger partial charge on any atom is -0.342 e. The summed E-state index contributed by atoms with van der Waals surface area (Å²) in [5, 5.41) is 3.18. The Kier molecular flexibility index (Phi) is 4.94. The Bertz CT molecular complexity index is 1060. The SMILES string of the molecule is Cc1cc(C)cc(C(=O)NC(Cc2ccccc2)c2nc3ccccc3[nH]2)c1. The van der Waals surface area contributed by atoms with Crippen LogP contribution in [-0.4, -0.2) is 15.9 Å². The van der Waals surface area contributed by atoms with Crippen LogP contribution in [0.3, 0.4) is 0 Å². The number of para-hydroxylation sites is 2. The second kappa shape index (κ2) is 7.69. The van der Waals surface area contributed by atoms with E-state index in [-0.39, 0.29) is 11.9 Å². The summed E-state index contributed by atoms with van der Waals surface area (Å²) >= 11 is 0. The zero-order valence-electron chi connectivity index (χ0n) is 16.1. The van der Waals surface area contributed by atoms with Gasteiger partial charge in [-0.1, -0.05) is 59.7 Å². The highest BCUT2D eigenvalue weighted by molar-refractivity contribution is 5.94. The van der Waals surface area contributed by atoms with Gasteiger partial charge in [-0.15, -0.1) is 0 Å². The number of aromatic nitrogens is 2. The maximum Gasteiger partial charge on any atom is 0.251 e. The topological polar surface area (TPSA) is 57.8 Å². The van der Waals surface area contributed by atoms with Crippen molar-refractivity contribution in [3.8, 4) is 0 Å². The lowest BCUT2D eigenvalue weighted by atomic mass is 10.0. The van der Waals surface area contributed by atoms with Crippen molar-refractivity contribution in [1.82, 2.24) is 15.3 Å². The number of carbonyl (C=O) groups is 1. The molecule has 140 valence electrons. The Morgan fingerprint density at radius 1 is 0.964 bits per heavy atom. The third-order valence-electron chi connectivity index (χ3n) is 4.81. The van der Waals surface area contributed by atoms with Crippen molar-refractivity contribution in [3.05, 3.63) is 101 Å². The first-order valence-corrected chi connectivity index (χ1v) is 9.46. The fraction of sp³-hybridized carbons (Fsp3) is 0.167. The molecule has 0 fully saturated rings. The summed E-state index contributed by atoms with van der Waals surface area (Å²) in [6.45, 7) is 4.01. The highest BCUT2D eigenvalue weighted by Gasteiger charge is 2.20. The lowest BCUT2D eigenvalue weighted by Gasteiger charge is -2.17. The molecule has 2 N–H and O–H groups in total. The normalized spacial score (nSPS) is 12.1. The summed E-state index contributed by atoms with van der Waals surface area (Å²) in [7, 11) is 0. The van der Waals surface area contributed by atoms with Gasteiger partial charge in [0.15, 0.2) is 0 Å². The van der Waals surface area contributed by atoms with E-state index in [0.29, 0.717) is 12.0 Å². The number of imidazole rings is 1. The first-order chi connectivity index (χ1) is 13.6. The fourth-order valence-corrected chi connectivity index (χ4v) is 3.55. The van der Waals surface area contributed by atoms with Crippen LogP contribution < -0.4 is 5.32 Å². The molecule has 0 aliphatic rings. The fourth-order valence-electron chi connectivity index (χ4n) is 3.55. The predicted octanol–water partition coefficient (Wildman–Crippen LogP) is 4.89. The van der Waals surface area contributed by atoms with Crippen molar-refractivity contribution in [3.63, 3.8) is 0 Å². The monoisotopic (exact) mass is 369 g/mol. The van der Waals surface area contributed by atoms with E-state index in [1.807, 2.05) is 68.4 Å². The molecule has 4 rings (SSSR count). The van der Waals surface area contributed by atoms with E-state index in [2.05, 4.69) is 28.5 Å². The van der Waals surface area contributed by atoms with Crippen LogP contribution in [-0.2, 0) is 6.42 Å².